The van der Waals surface area contributed by atoms with Gasteiger partial charge < -0.3 is 14.8 Å². The van der Waals surface area contributed by atoms with Crippen LogP contribution in [0.15, 0.2) is 42.6 Å². The monoisotopic (exact) mass is 396 g/mol. The largest absolute Gasteiger partial charge is 0.494 e. The van der Waals surface area contributed by atoms with Gasteiger partial charge in [0.15, 0.2) is 0 Å². The number of halogens is 3. The Balaban J connectivity index is 1.97. The number of pyridine rings is 1. The first-order valence-corrected chi connectivity index (χ1v) is 8.59. The van der Waals surface area contributed by atoms with Gasteiger partial charge in [0.05, 0.1) is 11.6 Å². The Labute approximate surface area is 161 Å². The lowest BCUT2D eigenvalue weighted by atomic mass is 10.2. The molecule has 0 spiro atoms. The topological polar surface area (TPSA) is 60.5 Å². The minimum absolute atomic E-state index is 0.345. The van der Waals surface area contributed by atoms with Crippen molar-refractivity contribution in [1.29, 1.82) is 0 Å². The molecule has 0 unspecified atom stereocenters. The highest BCUT2D eigenvalue weighted by atomic mass is 35.5. The van der Waals surface area contributed by atoms with Gasteiger partial charge in [0.2, 0.25) is 5.88 Å². The van der Waals surface area contributed by atoms with E-state index < -0.39 is 18.4 Å². The minimum Gasteiger partial charge on any atom is -0.494 e. The summed E-state index contributed by atoms with van der Waals surface area (Å²) in [5.74, 6) is 0.133. The summed E-state index contributed by atoms with van der Waals surface area (Å²) in [7, 11) is 0. The van der Waals surface area contributed by atoms with Gasteiger partial charge in [-0.05, 0) is 37.6 Å². The first-order chi connectivity index (χ1) is 12.9. The van der Waals surface area contributed by atoms with E-state index in [1.807, 2.05) is 6.92 Å². The Morgan fingerprint density at radius 3 is 2.70 bits per heavy atom. The summed E-state index contributed by atoms with van der Waals surface area (Å²) < 4.78 is 35.4. The van der Waals surface area contributed by atoms with E-state index in [1.54, 1.807) is 55.6 Å². The minimum atomic E-state index is -3.03. The summed E-state index contributed by atoms with van der Waals surface area (Å²) in [5, 5.41) is 2.57. The number of carbonyl (C=O) groups excluding carboxylic acids is 1. The number of benzene rings is 1. The van der Waals surface area contributed by atoms with Crippen molar-refractivity contribution in [2.24, 2.45) is 0 Å². The maximum atomic E-state index is 12.2. The molecule has 2 aromatic rings. The van der Waals surface area contributed by atoms with Crippen molar-refractivity contribution in [2.75, 3.05) is 6.61 Å². The molecule has 8 heteroatoms. The molecule has 1 aromatic heterocycles. The third-order valence-electron chi connectivity index (χ3n) is 3.33. The number of alkyl halides is 2. The van der Waals surface area contributed by atoms with Crippen LogP contribution in [0.3, 0.4) is 0 Å². The van der Waals surface area contributed by atoms with Gasteiger partial charge in [-0.1, -0.05) is 23.8 Å². The predicted molar refractivity (Wildman–Crippen MR) is 99.6 cm³/mol. The van der Waals surface area contributed by atoms with Crippen molar-refractivity contribution < 1.29 is 23.0 Å². The van der Waals surface area contributed by atoms with E-state index in [0.29, 0.717) is 29.0 Å². The van der Waals surface area contributed by atoms with E-state index in [1.165, 1.54) is 0 Å². The Hall–Kier alpha value is -2.67. The van der Waals surface area contributed by atoms with Crippen LogP contribution >= 0.6 is 11.6 Å². The van der Waals surface area contributed by atoms with Gasteiger partial charge in [-0.3, -0.25) is 4.79 Å². The zero-order valence-electron chi connectivity index (χ0n) is 14.8. The molecule has 144 valence electrons. The number of aromatic nitrogens is 1. The SMILES string of the molecule is CCOc1ccc(Oc2ccc(C=C[C@H](C)NC(=O)C(F)F)cn2)c(Cl)c1. The van der Waals surface area contributed by atoms with E-state index in [-0.39, 0.29) is 0 Å². The fourth-order valence-electron chi connectivity index (χ4n) is 2.08. The summed E-state index contributed by atoms with van der Waals surface area (Å²) in [5.41, 5.74) is 0.721. The Morgan fingerprint density at radius 2 is 2.11 bits per heavy atom. The number of rotatable bonds is 8. The quantitative estimate of drug-likeness (QED) is 0.702. The molecule has 0 saturated heterocycles. The van der Waals surface area contributed by atoms with Gasteiger partial charge in [0, 0.05) is 24.4 Å². The lowest BCUT2D eigenvalue weighted by molar-refractivity contribution is -0.132. The molecule has 27 heavy (non-hydrogen) atoms. The summed E-state index contributed by atoms with van der Waals surface area (Å²) in [6.07, 6.45) is 1.77. The van der Waals surface area contributed by atoms with Crippen LogP contribution in [0.5, 0.6) is 17.4 Å². The molecule has 1 heterocycles. The normalized spacial score (nSPS) is 12.2. The zero-order valence-corrected chi connectivity index (χ0v) is 15.5. The summed E-state index contributed by atoms with van der Waals surface area (Å²) >= 11 is 6.16. The zero-order chi connectivity index (χ0) is 19.8. The van der Waals surface area contributed by atoms with Crippen molar-refractivity contribution in [2.45, 2.75) is 26.3 Å². The predicted octanol–water partition coefficient (Wildman–Crippen LogP) is 4.71. The highest BCUT2D eigenvalue weighted by Gasteiger charge is 2.15. The van der Waals surface area contributed by atoms with Gasteiger partial charge in [0.1, 0.15) is 11.5 Å². The maximum absolute atomic E-state index is 12.2. The molecule has 0 bridgehead atoms. The molecule has 0 aliphatic carbocycles. The molecular formula is C19H19ClF2N2O3. The third-order valence-corrected chi connectivity index (χ3v) is 3.63. The van der Waals surface area contributed by atoms with Gasteiger partial charge >= 0.3 is 6.43 Å². The van der Waals surface area contributed by atoms with Gasteiger partial charge in [-0.15, -0.1) is 0 Å². The lowest BCUT2D eigenvalue weighted by Crippen LogP contribution is -2.35. The second-order valence-corrected chi connectivity index (χ2v) is 5.92. The van der Waals surface area contributed by atoms with Crippen LogP contribution in [0.2, 0.25) is 5.02 Å². The molecule has 0 aliphatic rings. The van der Waals surface area contributed by atoms with E-state index >= 15 is 0 Å². The molecule has 1 atom stereocenters. The molecule has 1 aromatic carbocycles. The van der Waals surface area contributed by atoms with E-state index in [2.05, 4.69) is 10.3 Å². The van der Waals surface area contributed by atoms with Crippen molar-refractivity contribution in [1.82, 2.24) is 10.3 Å². The summed E-state index contributed by atoms with van der Waals surface area (Å²) in [6.45, 7) is 4.01. The number of amides is 1. The standard InChI is InChI=1S/C19H19ClF2N2O3/c1-3-26-14-7-8-16(15(20)10-14)27-17-9-6-13(11-23-17)5-4-12(2)24-19(25)18(21)22/h4-12,18H,3H2,1-2H3,(H,24,25)/t12-/m0/s1. The van der Waals surface area contributed by atoms with Crippen molar-refractivity contribution in [3.8, 4) is 17.4 Å². The Morgan fingerprint density at radius 1 is 1.33 bits per heavy atom. The number of hydrogen-bond donors (Lipinski definition) is 1. The summed E-state index contributed by atoms with van der Waals surface area (Å²) in [6, 6.07) is 7.95. The molecule has 0 radical (unpaired) electrons. The number of nitrogens with one attached hydrogen (secondary N) is 1. The average Bonchev–Trinajstić information content (AvgIpc) is 2.63. The number of hydrogen-bond acceptors (Lipinski definition) is 4. The molecule has 2 rings (SSSR count). The van der Waals surface area contributed by atoms with Crippen molar-refractivity contribution in [3.63, 3.8) is 0 Å². The lowest BCUT2D eigenvalue weighted by Gasteiger charge is -2.09. The highest BCUT2D eigenvalue weighted by molar-refractivity contribution is 6.32. The number of nitrogens with zero attached hydrogens (tertiary/aromatic N) is 1. The van der Waals surface area contributed by atoms with E-state index in [9.17, 15) is 13.6 Å². The van der Waals surface area contributed by atoms with E-state index in [0.717, 1.165) is 5.56 Å². The van der Waals surface area contributed by atoms with Gasteiger partial charge in [0.25, 0.3) is 5.91 Å². The molecule has 1 amide bonds. The number of carbonyl (C=O) groups is 1. The van der Waals surface area contributed by atoms with Crippen LogP contribution in [0.4, 0.5) is 8.78 Å². The van der Waals surface area contributed by atoms with Crippen LogP contribution in [-0.4, -0.2) is 30.0 Å². The third kappa shape index (κ3) is 6.53. The van der Waals surface area contributed by atoms with Crippen LogP contribution in [0.1, 0.15) is 19.4 Å². The fraction of sp³-hybridized carbons (Fsp3) is 0.263. The van der Waals surface area contributed by atoms with Crippen LogP contribution < -0.4 is 14.8 Å². The average molecular weight is 397 g/mol. The Kier molecular flexibility index (Phi) is 7.55. The first kappa shape index (κ1) is 20.6. The molecule has 0 aliphatic heterocycles. The van der Waals surface area contributed by atoms with Crippen LogP contribution in [0.25, 0.3) is 6.08 Å². The van der Waals surface area contributed by atoms with E-state index in [4.69, 9.17) is 21.1 Å². The summed E-state index contributed by atoms with van der Waals surface area (Å²) in [4.78, 5) is 15.1. The second kappa shape index (κ2) is 9.87. The second-order valence-electron chi connectivity index (χ2n) is 5.51. The van der Waals surface area contributed by atoms with Crippen molar-refractivity contribution >= 4 is 23.6 Å². The van der Waals surface area contributed by atoms with Gasteiger partial charge in [-0.2, -0.15) is 8.78 Å². The molecule has 0 fully saturated rings. The molecule has 0 saturated carbocycles. The first-order valence-electron chi connectivity index (χ1n) is 8.22. The van der Waals surface area contributed by atoms with Crippen molar-refractivity contribution in [3.05, 3.63) is 53.2 Å². The number of ether oxygens (including phenoxy) is 2. The van der Waals surface area contributed by atoms with Crippen LogP contribution in [0, 0.1) is 0 Å². The fourth-order valence-corrected chi connectivity index (χ4v) is 2.28. The maximum Gasteiger partial charge on any atom is 0.315 e. The highest BCUT2D eigenvalue weighted by Crippen LogP contribution is 2.31. The Bertz CT molecular complexity index is 798. The molecule has 1 N–H and O–H groups in total. The van der Waals surface area contributed by atoms with Crippen LogP contribution in [-0.2, 0) is 4.79 Å². The molecule has 5 nitrogen and oxygen atoms in total. The smallest absolute Gasteiger partial charge is 0.315 e. The molecular weight excluding hydrogens is 378 g/mol. The van der Waals surface area contributed by atoms with Gasteiger partial charge in [-0.25, -0.2) is 4.98 Å².